The van der Waals surface area contributed by atoms with E-state index in [0.29, 0.717) is 23.0 Å². The zero-order valence-electron chi connectivity index (χ0n) is 19.5. The zero-order valence-corrected chi connectivity index (χ0v) is 21.2. The summed E-state index contributed by atoms with van der Waals surface area (Å²) < 4.78 is 33.1. The van der Waals surface area contributed by atoms with Crippen LogP contribution in [-0.2, 0) is 16.4 Å². The lowest BCUT2D eigenvalue weighted by Gasteiger charge is -2.21. The van der Waals surface area contributed by atoms with Crippen molar-refractivity contribution in [1.82, 2.24) is 20.2 Å². The van der Waals surface area contributed by atoms with E-state index in [1.165, 1.54) is 0 Å². The summed E-state index contributed by atoms with van der Waals surface area (Å²) >= 11 is 5.13. The van der Waals surface area contributed by atoms with Crippen LogP contribution in [0.5, 0.6) is 5.75 Å². The second-order valence-corrected chi connectivity index (χ2v) is 11.6. The molecule has 35 heavy (non-hydrogen) atoms. The Hall–Kier alpha value is -3.04. The molecular formula is C26H28N4O3S2. The number of nitrogens with zero attached hydrogens (tertiary/aromatic N) is 2. The maximum atomic E-state index is 13.3. The topological polar surface area (TPSA) is 101 Å². The Kier molecular flexibility index (Phi) is 6.71. The molecule has 2 aromatic carbocycles. The molecule has 9 heteroatoms. The number of aromatic amines is 2. The van der Waals surface area contributed by atoms with E-state index in [2.05, 4.69) is 20.2 Å². The van der Waals surface area contributed by atoms with Gasteiger partial charge in [-0.25, -0.2) is 8.42 Å². The predicted molar refractivity (Wildman–Crippen MR) is 138 cm³/mol. The molecule has 5 rings (SSSR count). The number of benzene rings is 2. The summed E-state index contributed by atoms with van der Waals surface area (Å²) in [5, 5.41) is 8.05. The van der Waals surface area contributed by atoms with Gasteiger partial charge in [0.25, 0.3) is 0 Å². The molecule has 0 amide bonds. The van der Waals surface area contributed by atoms with Crippen LogP contribution in [0.2, 0.25) is 0 Å². The van der Waals surface area contributed by atoms with Crippen molar-refractivity contribution in [3.8, 4) is 5.75 Å². The zero-order chi connectivity index (χ0) is 24.4. The fourth-order valence-electron chi connectivity index (χ4n) is 5.01. The molecule has 1 aliphatic carbocycles. The summed E-state index contributed by atoms with van der Waals surface area (Å²) in [5.74, 6) is 1.31. The molecule has 0 saturated heterocycles. The Morgan fingerprint density at radius 2 is 1.86 bits per heavy atom. The molecule has 1 fully saturated rings. The van der Waals surface area contributed by atoms with Gasteiger partial charge in [0.05, 0.1) is 16.2 Å². The van der Waals surface area contributed by atoms with Gasteiger partial charge >= 0.3 is 0 Å². The number of nitrogens with one attached hydrogen (secondary N) is 2. The highest BCUT2D eigenvalue weighted by Gasteiger charge is 2.33. The number of ether oxygens (including phenoxy) is 1. The van der Waals surface area contributed by atoms with Crippen molar-refractivity contribution in [2.45, 2.75) is 50.0 Å². The third kappa shape index (κ3) is 5.31. The van der Waals surface area contributed by atoms with Crippen molar-refractivity contribution < 1.29 is 13.2 Å². The smallest absolute Gasteiger partial charge is 0.192 e. The largest absolute Gasteiger partial charge is 0.489 e. The lowest BCUT2D eigenvalue weighted by Crippen LogP contribution is -2.22. The van der Waals surface area contributed by atoms with Crippen molar-refractivity contribution in [2.75, 3.05) is 5.75 Å². The minimum absolute atomic E-state index is 0.00369. The third-order valence-electron chi connectivity index (χ3n) is 6.75. The summed E-state index contributed by atoms with van der Waals surface area (Å²) in [6.07, 6.45) is 4.24. The Morgan fingerprint density at radius 1 is 1.11 bits per heavy atom. The fourth-order valence-corrected chi connectivity index (χ4v) is 6.80. The van der Waals surface area contributed by atoms with E-state index in [0.717, 1.165) is 47.8 Å². The molecule has 1 atom stereocenters. The van der Waals surface area contributed by atoms with E-state index in [1.54, 1.807) is 24.3 Å². The van der Waals surface area contributed by atoms with Gasteiger partial charge in [-0.15, -0.1) is 0 Å². The van der Waals surface area contributed by atoms with Crippen molar-refractivity contribution in [3.63, 3.8) is 0 Å². The lowest BCUT2D eigenvalue weighted by atomic mass is 9.92. The van der Waals surface area contributed by atoms with Crippen LogP contribution in [0.3, 0.4) is 0 Å². The van der Waals surface area contributed by atoms with Crippen LogP contribution < -0.4 is 4.74 Å². The first-order chi connectivity index (χ1) is 16.9. The summed E-state index contributed by atoms with van der Waals surface area (Å²) in [4.78, 5) is 7.90. The van der Waals surface area contributed by atoms with Gasteiger partial charge in [-0.3, -0.25) is 10.1 Å². The number of aryl methyl sites for hydroxylation is 1. The minimum Gasteiger partial charge on any atom is -0.489 e. The van der Waals surface area contributed by atoms with Gasteiger partial charge < -0.3 is 9.72 Å². The first kappa shape index (κ1) is 23.7. The molecule has 1 saturated carbocycles. The maximum absolute atomic E-state index is 13.3. The highest BCUT2D eigenvalue weighted by Crippen LogP contribution is 2.38. The van der Waals surface area contributed by atoms with E-state index in [9.17, 15) is 8.42 Å². The standard InChI is InChI=1S/C26H28N4O3S2/c1-17-14-19(22-8-4-5-9-24(22)27-17)15-33-20-10-12-21(13-11-20)35(31,32)16-23(18-6-2-3-7-18)25-28-26(34)30-29-25/h4-5,8-14,18,23H,2-3,6-7,15-16H2,1H3,(H2,28,29,30,34). The normalized spacial score (nSPS) is 15.5. The molecule has 0 bridgehead atoms. The van der Waals surface area contributed by atoms with Crippen LogP contribution in [0.1, 0.15) is 48.7 Å². The summed E-state index contributed by atoms with van der Waals surface area (Å²) in [6.45, 7) is 2.34. The fraction of sp³-hybridized carbons (Fsp3) is 0.346. The quantitative estimate of drug-likeness (QED) is 0.298. The predicted octanol–water partition coefficient (Wildman–Crippen LogP) is 5.65. The Morgan fingerprint density at radius 3 is 2.57 bits per heavy atom. The van der Waals surface area contributed by atoms with E-state index < -0.39 is 9.84 Å². The number of hydrogen-bond acceptors (Lipinski definition) is 6. The average molecular weight is 509 g/mol. The first-order valence-electron chi connectivity index (χ1n) is 11.8. The van der Waals surface area contributed by atoms with Crippen LogP contribution in [0.4, 0.5) is 0 Å². The number of sulfone groups is 1. The molecular weight excluding hydrogens is 480 g/mol. The molecule has 182 valence electrons. The van der Waals surface area contributed by atoms with E-state index in [4.69, 9.17) is 17.0 Å². The van der Waals surface area contributed by atoms with Crippen molar-refractivity contribution in [1.29, 1.82) is 0 Å². The molecule has 0 spiro atoms. The van der Waals surface area contributed by atoms with Crippen molar-refractivity contribution >= 4 is 33.0 Å². The molecule has 0 aliphatic heterocycles. The molecule has 4 aromatic rings. The van der Waals surface area contributed by atoms with Gasteiger partial charge in [0, 0.05) is 22.6 Å². The van der Waals surface area contributed by atoms with Crippen LogP contribution in [0.15, 0.2) is 59.5 Å². The van der Waals surface area contributed by atoms with Crippen LogP contribution in [-0.4, -0.2) is 34.3 Å². The maximum Gasteiger partial charge on any atom is 0.192 e. The number of pyridine rings is 1. The van der Waals surface area contributed by atoms with Gasteiger partial charge in [-0.1, -0.05) is 31.0 Å². The lowest BCUT2D eigenvalue weighted by molar-refractivity contribution is 0.307. The van der Waals surface area contributed by atoms with E-state index in [-0.39, 0.29) is 22.5 Å². The van der Waals surface area contributed by atoms with Crippen LogP contribution in [0.25, 0.3) is 10.9 Å². The summed E-state index contributed by atoms with van der Waals surface area (Å²) in [6, 6.07) is 16.7. The van der Waals surface area contributed by atoms with Gasteiger partial charge in [0.2, 0.25) is 0 Å². The van der Waals surface area contributed by atoms with E-state index >= 15 is 0 Å². The van der Waals surface area contributed by atoms with E-state index in [1.807, 2.05) is 37.3 Å². The highest BCUT2D eigenvalue weighted by atomic mass is 32.2. The van der Waals surface area contributed by atoms with Gasteiger partial charge in [-0.05, 0) is 74.3 Å². The number of fused-ring (bicyclic) bond motifs is 1. The van der Waals surface area contributed by atoms with Gasteiger partial charge in [0.15, 0.2) is 14.6 Å². The molecule has 7 nitrogen and oxygen atoms in total. The Balaban J connectivity index is 1.32. The minimum atomic E-state index is -3.53. The first-order valence-corrected chi connectivity index (χ1v) is 13.9. The summed E-state index contributed by atoms with van der Waals surface area (Å²) in [7, 11) is -3.53. The number of rotatable bonds is 8. The molecule has 2 aromatic heterocycles. The van der Waals surface area contributed by atoms with Crippen LogP contribution in [0, 0.1) is 17.6 Å². The Labute approximate surface area is 209 Å². The molecule has 2 heterocycles. The number of H-pyrrole nitrogens is 2. The van der Waals surface area contributed by atoms with Crippen molar-refractivity contribution in [2.24, 2.45) is 5.92 Å². The molecule has 0 radical (unpaired) electrons. The van der Waals surface area contributed by atoms with Gasteiger partial charge in [0.1, 0.15) is 18.2 Å². The second-order valence-electron chi connectivity index (χ2n) is 9.20. The summed E-state index contributed by atoms with van der Waals surface area (Å²) in [5.41, 5.74) is 2.90. The van der Waals surface area contributed by atoms with Crippen molar-refractivity contribution in [3.05, 3.63) is 76.5 Å². The van der Waals surface area contributed by atoms with Gasteiger partial charge in [-0.2, -0.15) is 5.10 Å². The number of hydrogen-bond donors (Lipinski definition) is 2. The molecule has 1 unspecified atom stereocenters. The number of para-hydroxylation sites is 1. The number of aromatic nitrogens is 4. The molecule has 1 aliphatic rings. The molecule has 2 N–H and O–H groups in total. The SMILES string of the molecule is Cc1cc(COc2ccc(S(=O)(=O)CC(c3n[nH]c(=S)[nH]3)C3CCCC3)cc2)c2ccccc2n1. The highest BCUT2D eigenvalue weighted by molar-refractivity contribution is 7.91. The monoisotopic (exact) mass is 508 g/mol. The third-order valence-corrected chi connectivity index (χ3v) is 8.73. The average Bonchev–Trinajstić information content (AvgIpc) is 3.53. The Bertz CT molecular complexity index is 1490. The van der Waals surface area contributed by atoms with Crippen LogP contribution >= 0.6 is 12.2 Å². The second kappa shape index (κ2) is 9.91.